The third-order valence-corrected chi connectivity index (χ3v) is 6.30. The molecule has 1 heterocycles. The van der Waals surface area contributed by atoms with Crippen LogP contribution in [0, 0.1) is 0 Å². The Morgan fingerprint density at radius 2 is 1.95 bits per heavy atom. The normalized spacial score (nSPS) is 10.7. The first kappa shape index (κ1) is 16.3. The topological polar surface area (TPSA) is 26.3 Å². The number of ether oxygens (including phenoxy) is 1. The van der Waals surface area contributed by atoms with Crippen LogP contribution in [0.25, 0.3) is 0 Å². The molecule has 20 heavy (non-hydrogen) atoms. The molecule has 0 fully saturated rings. The highest BCUT2D eigenvalue weighted by molar-refractivity contribution is 9.13. The highest BCUT2D eigenvalue weighted by atomic mass is 79.9. The lowest BCUT2D eigenvalue weighted by Gasteiger charge is -2.09. The number of halogens is 4. The standard InChI is InChI=1S/C13H8Br2Cl2O2S/c1-2-19-10-5-8(16)6(3-9(10)17)12(18)11-4-7(14)13(15)20-11/h3-5H,2H2,1H3. The molecule has 0 amide bonds. The molecule has 0 atom stereocenters. The Hall–Kier alpha value is -0.0700. The second-order valence-electron chi connectivity index (χ2n) is 3.76. The molecule has 0 saturated heterocycles. The maximum Gasteiger partial charge on any atom is 0.204 e. The van der Waals surface area contributed by atoms with Crippen LogP contribution in [0.4, 0.5) is 0 Å². The van der Waals surface area contributed by atoms with Gasteiger partial charge in [-0.3, -0.25) is 4.79 Å². The van der Waals surface area contributed by atoms with Crippen LogP contribution >= 0.6 is 66.4 Å². The number of carbonyl (C=O) groups excluding carboxylic acids is 1. The summed E-state index contributed by atoms with van der Waals surface area (Å²) in [5, 5.41) is 0.692. The van der Waals surface area contributed by atoms with E-state index in [0.717, 1.165) is 8.26 Å². The molecule has 2 nitrogen and oxygen atoms in total. The van der Waals surface area contributed by atoms with Gasteiger partial charge in [0.05, 0.1) is 25.3 Å². The van der Waals surface area contributed by atoms with Gasteiger partial charge in [-0.2, -0.15) is 0 Å². The highest BCUT2D eigenvalue weighted by Gasteiger charge is 2.19. The van der Waals surface area contributed by atoms with Gasteiger partial charge in [0, 0.05) is 16.1 Å². The number of hydrogen-bond donors (Lipinski definition) is 0. The van der Waals surface area contributed by atoms with E-state index >= 15 is 0 Å². The molecule has 1 aromatic carbocycles. The van der Waals surface area contributed by atoms with Crippen LogP contribution in [-0.4, -0.2) is 12.4 Å². The predicted molar refractivity (Wildman–Crippen MR) is 90.8 cm³/mol. The molecule has 1 aromatic heterocycles. The fourth-order valence-electron chi connectivity index (χ4n) is 1.56. The Balaban J connectivity index is 2.42. The van der Waals surface area contributed by atoms with Crippen molar-refractivity contribution in [1.82, 2.24) is 0 Å². The minimum atomic E-state index is -0.170. The Morgan fingerprint density at radius 3 is 2.50 bits per heavy atom. The maximum absolute atomic E-state index is 12.4. The largest absolute Gasteiger partial charge is 0.492 e. The first-order valence-electron chi connectivity index (χ1n) is 5.55. The zero-order chi connectivity index (χ0) is 14.9. The van der Waals surface area contributed by atoms with E-state index in [-0.39, 0.29) is 5.78 Å². The summed E-state index contributed by atoms with van der Waals surface area (Å²) in [6.45, 7) is 2.33. The van der Waals surface area contributed by atoms with Crippen LogP contribution in [-0.2, 0) is 0 Å². The van der Waals surface area contributed by atoms with E-state index in [2.05, 4.69) is 31.9 Å². The van der Waals surface area contributed by atoms with Crippen LogP contribution in [0.5, 0.6) is 5.75 Å². The van der Waals surface area contributed by atoms with Gasteiger partial charge in [-0.05, 0) is 50.9 Å². The summed E-state index contributed by atoms with van der Waals surface area (Å²) in [6, 6.07) is 4.86. The van der Waals surface area contributed by atoms with E-state index in [0.29, 0.717) is 32.8 Å². The fraction of sp³-hybridized carbons (Fsp3) is 0.154. The molecular weight excluding hydrogens is 451 g/mol. The van der Waals surface area contributed by atoms with Crippen LogP contribution < -0.4 is 4.74 Å². The molecule has 0 N–H and O–H groups in total. The number of benzene rings is 1. The smallest absolute Gasteiger partial charge is 0.204 e. The van der Waals surface area contributed by atoms with Gasteiger partial charge in [-0.1, -0.05) is 23.2 Å². The van der Waals surface area contributed by atoms with Crippen molar-refractivity contribution in [2.24, 2.45) is 0 Å². The quantitative estimate of drug-likeness (QED) is 0.509. The zero-order valence-electron chi connectivity index (χ0n) is 10.2. The summed E-state index contributed by atoms with van der Waals surface area (Å²) in [5.41, 5.74) is 0.362. The molecule has 2 rings (SSSR count). The van der Waals surface area contributed by atoms with Crippen LogP contribution in [0.3, 0.4) is 0 Å². The minimum absolute atomic E-state index is 0.170. The van der Waals surface area contributed by atoms with E-state index in [1.807, 2.05) is 6.92 Å². The van der Waals surface area contributed by atoms with Crippen molar-refractivity contribution in [2.75, 3.05) is 6.61 Å². The Kier molecular flexibility index (Phi) is 5.54. The summed E-state index contributed by atoms with van der Waals surface area (Å²) in [4.78, 5) is 13.0. The average Bonchev–Trinajstić information content (AvgIpc) is 2.73. The van der Waals surface area contributed by atoms with E-state index in [9.17, 15) is 4.79 Å². The number of thiophene rings is 1. The Labute approximate surface area is 147 Å². The summed E-state index contributed by atoms with van der Waals surface area (Å²) in [5.74, 6) is 0.306. The predicted octanol–water partition coefficient (Wildman–Crippen LogP) is 6.21. The molecule has 0 radical (unpaired) electrons. The van der Waals surface area contributed by atoms with Gasteiger partial charge < -0.3 is 4.74 Å². The van der Waals surface area contributed by atoms with Crippen molar-refractivity contribution in [2.45, 2.75) is 6.92 Å². The van der Waals surface area contributed by atoms with Gasteiger partial charge in [0.25, 0.3) is 0 Å². The van der Waals surface area contributed by atoms with Crippen molar-refractivity contribution >= 4 is 72.2 Å². The van der Waals surface area contributed by atoms with Gasteiger partial charge in [-0.15, -0.1) is 11.3 Å². The Morgan fingerprint density at radius 1 is 1.25 bits per heavy atom. The second kappa shape index (κ2) is 6.79. The molecular formula is C13H8Br2Cl2O2S. The number of hydrogen-bond acceptors (Lipinski definition) is 3. The van der Waals surface area contributed by atoms with Crippen LogP contribution in [0.15, 0.2) is 26.5 Å². The van der Waals surface area contributed by atoms with E-state index in [1.165, 1.54) is 11.3 Å². The molecule has 0 saturated carbocycles. The fourth-order valence-corrected chi connectivity index (χ4v) is 4.01. The number of ketones is 1. The van der Waals surface area contributed by atoms with Gasteiger partial charge in [0.1, 0.15) is 5.75 Å². The van der Waals surface area contributed by atoms with Crippen LogP contribution in [0.1, 0.15) is 22.2 Å². The van der Waals surface area contributed by atoms with Gasteiger partial charge in [-0.25, -0.2) is 0 Å². The molecule has 0 aliphatic rings. The van der Waals surface area contributed by atoms with Gasteiger partial charge >= 0.3 is 0 Å². The summed E-state index contributed by atoms with van der Waals surface area (Å²) >= 11 is 20.3. The minimum Gasteiger partial charge on any atom is -0.492 e. The van der Waals surface area contributed by atoms with Crippen molar-refractivity contribution in [3.63, 3.8) is 0 Å². The van der Waals surface area contributed by atoms with Crippen molar-refractivity contribution in [3.8, 4) is 5.75 Å². The SMILES string of the molecule is CCOc1cc(Cl)c(C(=O)c2cc(Br)c(Br)s2)cc1Cl. The Bertz CT molecular complexity index is 651. The molecule has 0 unspecified atom stereocenters. The van der Waals surface area contributed by atoms with Crippen molar-refractivity contribution in [1.29, 1.82) is 0 Å². The van der Waals surface area contributed by atoms with Gasteiger partial charge in [0.15, 0.2) is 0 Å². The van der Waals surface area contributed by atoms with Crippen LogP contribution in [0.2, 0.25) is 10.0 Å². The third-order valence-electron chi connectivity index (χ3n) is 2.43. The molecule has 0 spiro atoms. The number of rotatable bonds is 4. The van der Waals surface area contributed by atoms with Crippen molar-refractivity contribution < 1.29 is 9.53 Å². The number of carbonyl (C=O) groups is 1. The van der Waals surface area contributed by atoms with E-state index < -0.39 is 0 Å². The lowest BCUT2D eigenvalue weighted by atomic mass is 10.1. The first-order chi connectivity index (χ1) is 9.43. The summed E-state index contributed by atoms with van der Waals surface area (Å²) < 4.78 is 7.03. The first-order valence-corrected chi connectivity index (χ1v) is 8.71. The molecule has 7 heteroatoms. The monoisotopic (exact) mass is 456 g/mol. The zero-order valence-corrected chi connectivity index (χ0v) is 15.7. The average molecular weight is 459 g/mol. The maximum atomic E-state index is 12.4. The van der Waals surface area contributed by atoms with Gasteiger partial charge in [0.2, 0.25) is 5.78 Å². The molecule has 0 aliphatic heterocycles. The highest BCUT2D eigenvalue weighted by Crippen LogP contribution is 2.36. The summed E-state index contributed by atoms with van der Waals surface area (Å²) in [6.07, 6.45) is 0. The van der Waals surface area contributed by atoms with E-state index in [4.69, 9.17) is 27.9 Å². The molecule has 0 aliphatic carbocycles. The summed E-state index contributed by atoms with van der Waals surface area (Å²) in [7, 11) is 0. The van der Waals surface area contributed by atoms with Crippen molar-refractivity contribution in [3.05, 3.63) is 46.9 Å². The molecule has 106 valence electrons. The molecule has 2 aromatic rings. The third kappa shape index (κ3) is 3.39. The lowest BCUT2D eigenvalue weighted by Crippen LogP contribution is -2.01. The lowest BCUT2D eigenvalue weighted by molar-refractivity contribution is 0.104. The second-order valence-corrected chi connectivity index (χ2v) is 7.80. The molecule has 0 bridgehead atoms. The van der Waals surface area contributed by atoms with E-state index in [1.54, 1.807) is 18.2 Å².